The Balaban J connectivity index is 1.82. The van der Waals surface area contributed by atoms with Crippen molar-refractivity contribution in [1.82, 2.24) is 9.80 Å². The highest BCUT2D eigenvalue weighted by molar-refractivity contribution is 7.11. The van der Waals surface area contributed by atoms with E-state index >= 15 is 0 Å². The molecule has 0 aliphatic carbocycles. The molecule has 0 saturated heterocycles. The summed E-state index contributed by atoms with van der Waals surface area (Å²) in [6.45, 7) is 3.45. The zero-order valence-electron chi connectivity index (χ0n) is 19.3. The molecule has 34 heavy (non-hydrogen) atoms. The third-order valence-corrected chi connectivity index (χ3v) is 6.59. The largest absolute Gasteiger partial charge is 0.385 e. The highest BCUT2D eigenvalue weighted by atomic mass is 35.5. The summed E-state index contributed by atoms with van der Waals surface area (Å²) in [5.74, 6) is -0.831. The van der Waals surface area contributed by atoms with Gasteiger partial charge >= 0.3 is 0 Å². The van der Waals surface area contributed by atoms with Crippen molar-refractivity contribution < 1.29 is 18.7 Å². The van der Waals surface area contributed by atoms with Gasteiger partial charge in [0.2, 0.25) is 5.91 Å². The SMILES string of the molecule is COCCCN(CC(=O)N(Cc1ccc(F)cc1)Cc1ccc(C)s1)C(=O)c1ccccc1Cl. The number of aryl methyl sites for hydroxylation is 1. The van der Waals surface area contributed by atoms with Crippen molar-refractivity contribution >= 4 is 34.8 Å². The molecule has 0 atom stereocenters. The van der Waals surface area contributed by atoms with Gasteiger partial charge in [0.1, 0.15) is 12.4 Å². The van der Waals surface area contributed by atoms with Gasteiger partial charge in [-0.3, -0.25) is 9.59 Å². The van der Waals surface area contributed by atoms with E-state index in [0.29, 0.717) is 43.2 Å². The molecule has 0 aliphatic heterocycles. The van der Waals surface area contributed by atoms with Crippen molar-refractivity contribution in [3.05, 3.63) is 92.4 Å². The van der Waals surface area contributed by atoms with Crippen molar-refractivity contribution in [2.45, 2.75) is 26.4 Å². The van der Waals surface area contributed by atoms with Gasteiger partial charge in [0.25, 0.3) is 5.91 Å². The average Bonchev–Trinajstić information content (AvgIpc) is 3.24. The van der Waals surface area contributed by atoms with Gasteiger partial charge < -0.3 is 14.5 Å². The van der Waals surface area contributed by atoms with Crippen LogP contribution in [0.1, 0.15) is 32.1 Å². The molecule has 3 aromatic rings. The van der Waals surface area contributed by atoms with E-state index in [-0.39, 0.29) is 24.2 Å². The second-order valence-electron chi connectivity index (χ2n) is 7.94. The van der Waals surface area contributed by atoms with Crippen LogP contribution in [0, 0.1) is 12.7 Å². The number of rotatable bonds is 11. The molecule has 0 unspecified atom stereocenters. The Hall–Kier alpha value is -2.74. The number of amides is 2. The number of benzene rings is 2. The molecule has 1 heterocycles. The third kappa shape index (κ3) is 7.38. The molecule has 2 amide bonds. The van der Waals surface area contributed by atoms with Crippen LogP contribution in [0.15, 0.2) is 60.7 Å². The molecule has 180 valence electrons. The Bertz CT molecular complexity index is 1100. The zero-order valence-corrected chi connectivity index (χ0v) is 20.9. The number of carbonyl (C=O) groups is 2. The molecule has 0 aliphatic rings. The summed E-state index contributed by atoms with van der Waals surface area (Å²) in [5, 5.41) is 0.342. The van der Waals surface area contributed by atoms with E-state index in [1.165, 1.54) is 17.0 Å². The van der Waals surface area contributed by atoms with Gasteiger partial charge in [-0.05, 0) is 55.3 Å². The first kappa shape index (κ1) is 25.9. The Kier molecular flexibility index (Phi) is 9.62. The first-order valence-corrected chi connectivity index (χ1v) is 12.2. The quantitative estimate of drug-likeness (QED) is 0.323. The van der Waals surface area contributed by atoms with Gasteiger partial charge in [-0.25, -0.2) is 4.39 Å². The zero-order chi connectivity index (χ0) is 24.5. The maximum Gasteiger partial charge on any atom is 0.255 e. The first-order valence-electron chi connectivity index (χ1n) is 11.0. The molecule has 0 spiro atoms. The predicted molar refractivity (Wildman–Crippen MR) is 134 cm³/mol. The van der Waals surface area contributed by atoms with E-state index in [0.717, 1.165) is 15.3 Å². The number of nitrogens with zero attached hydrogens (tertiary/aromatic N) is 2. The van der Waals surface area contributed by atoms with Crippen molar-refractivity contribution in [2.24, 2.45) is 0 Å². The van der Waals surface area contributed by atoms with Gasteiger partial charge in [-0.15, -0.1) is 11.3 Å². The smallest absolute Gasteiger partial charge is 0.255 e. The van der Waals surface area contributed by atoms with E-state index in [1.807, 2.05) is 19.1 Å². The van der Waals surface area contributed by atoms with Crippen LogP contribution in [-0.4, -0.2) is 48.4 Å². The van der Waals surface area contributed by atoms with Gasteiger partial charge in [0, 0.05) is 36.6 Å². The molecule has 0 saturated carbocycles. The molecule has 0 radical (unpaired) electrons. The van der Waals surface area contributed by atoms with Crippen LogP contribution in [0.4, 0.5) is 4.39 Å². The standard InChI is InChI=1S/C26H28ClFN2O3S/c1-19-8-13-22(34-19)17-30(16-20-9-11-21(28)12-10-20)25(31)18-29(14-5-15-33-2)26(32)23-6-3-4-7-24(23)27/h3-4,6-13H,5,14-18H2,1-2H3. The topological polar surface area (TPSA) is 49.9 Å². The van der Waals surface area contributed by atoms with Gasteiger partial charge in [0.15, 0.2) is 0 Å². The fourth-order valence-electron chi connectivity index (χ4n) is 3.52. The molecular formula is C26H28ClFN2O3S. The molecular weight excluding hydrogens is 475 g/mol. The summed E-state index contributed by atoms with van der Waals surface area (Å²) in [7, 11) is 1.60. The second-order valence-corrected chi connectivity index (χ2v) is 9.72. The number of ether oxygens (including phenoxy) is 1. The third-order valence-electron chi connectivity index (χ3n) is 5.28. The Morgan fingerprint density at radius 3 is 2.38 bits per heavy atom. The fourth-order valence-corrected chi connectivity index (χ4v) is 4.64. The summed E-state index contributed by atoms with van der Waals surface area (Å²) < 4.78 is 18.5. The predicted octanol–water partition coefficient (Wildman–Crippen LogP) is 5.56. The molecule has 0 bridgehead atoms. The summed E-state index contributed by atoms with van der Waals surface area (Å²) in [5.41, 5.74) is 1.17. The summed E-state index contributed by atoms with van der Waals surface area (Å²) in [4.78, 5) is 32.2. The van der Waals surface area contributed by atoms with Crippen LogP contribution in [-0.2, 0) is 22.6 Å². The highest BCUT2D eigenvalue weighted by Crippen LogP contribution is 2.21. The monoisotopic (exact) mass is 502 g/mol. The lowest BCUT2D eigenvalue weighted by molar-refractivity contribution is -0.133. The summed E-state index contributed by atoms with van der Waals surface area (Å²) in [6.07, 6.45) is 0.585. The number of carbonyl (C=O) groups excluding carboxylic acids is 2. The molecule has 0 N–H and O–H groups in total. The van der Waals surface area contributed by atoms with Crippen molar-refractivity contribution in [3.8, 4) is 0 Å². The summed E-state index contributed by atoms with van der Waals surface area (Å²) >= 11 is 7.88. The minimum absolute atomic E-state index is 0.0979. The number of hydrogen-bond acceptors (Lipinski definition) is 4. The first-order chi connectivity index (χ1) is 16.4. The minimum atomic E-state index is -0.329. The fraction of sp³-hybridized carbons (Fsp3) is 0.308. The van der Waals surface area contributed by atoms with Gasteiger partial charge in [0.05, 0.1) is 17.1 Å². The van der Waals surface area contributed by atoms with Crippen LogP contribution in [0.25, 0.3) is 0 Å². The van der Waals surface area contributed by atoms with E-state index in [9.17, 15) is 14.0 Å². The molecule has 5 nitrogen and oxygen atoms in total. The Morgan fingerprint density at radius 1 is 1.00 bits per heavy atom. The number of methoxy groups -OCH3 is 1. The highest BCUT2D eigenvalue weighted by Gasteiger charge is 2.24. The van der Waals surface area contributed by atoms with Crippen LogP contribution in [0.2, 0.25) is 5.02 Å². The van der Waals surface area contributed by atoms with Crippen LogP contribution in [0.3, 0.4) is 0 Å². The molecule has 2 aromatic carbocycles. The van der Waals surface area contributed by atoms with Crippen molar-refractivity contribution in [3.63, 3.8) is 0 Å². The average molecular weight is 503 g/mol. The van der Waals surface area contributed by atoms with Crippen LogP contribution >= 0.6 is 22.9 Å². The van der Waals surface area contributed by atoms with Gasteiger partial charge in [-0.2, -0.15) is 0 Å². The van der Waals surface area contributed by atoms with E-state index in [2.05, 4.69) is 0 Å². The molecule has 0 fully saturated rings. The lowest BCUT2D eigenvalue weighted by Gasteiger charge is -2.28. The van der Waals surface area contributed by atoms with E-state index < -0.39 is 0 Å². The summed E-state index contributed by atoms with van der Waals surface area (Å²) in [6, 6.07) is 16.9. The molecule has 3 rings (SSSR count). The number of thiophene rings is 1. The van der Waals surface area contributed by atoms with E-state index in [4.69, 9.17) is 16.3 Å². The number of hydrogen-bond donors (Lipinski definition) is 0. The maximum atomic E-state index is 13.5. The van der Waals surface area contributed by atoms with Gasteiger partial charge in [-0.1, -0.05) is 35.9 Å². The number of halogens is 2. The maximum absolute atomic E-state index is 13.5. The second kappa shape index (κ2) is 12.6. The van der Waals surface area contributed by atoms with Crippen molar-refractivity contribution in [1.29, 1.82) is 0 Å². The van der Waals surface area contributed by atoms with Crippen LogP contribution < -0.4 is 0 Å². The Morgan fingerprint density at radius 2 is 1.74 bits per heavy atom. The molecule has 1 aromatic heterocycles. The molecule has 8 heteroatoms. The van der Waals surface area contributed by atoms with Crippen LogP contribution in [0.5, 0.6) is 0 Å². The lowest BCUT2D eigenvalue weighted by atomic mass is 10.1. The van der Waals surface area contributed by atoms with Crippen molar-refractivity contribution in [2.75, 3.05) is 26.8 Å². The lowest BCUT2D eigenvalue weighted by Crippen LogP contribution is -2.43. The van der Waals surface area contributed by atoms with E-state index in [1.54, 1.807) is 59.7 Å². The normalized spacial score (nSPS) is 10.8. The minimum Gasteiger partial charge on any atom is -0.385 e. The Labute approximate surface area is 208 Å².